The standard InChI is InChI=1S/C19H13F6N3O3S/c1-10(29)26-8-27(15-6-5-11(7-14(15)22)32-19(23,24)25)18(31)28(9-26)17(30)16-12(20)3-2-4-13(16)21/h2-7H,8-9H2,1H3. The molecule has 0 radical (unpaired) electrons. The summed E-state index contributed by atoms with van der Waals surface area (Å²) in [6.07, 6.45) is 0. The molecule has 32 heavy (non-hydrogen) atoms. The zero-order valence-corrected chi connectivity index (χ0v) is 16.9. The van der Waals surface area contributed by atoms with Crippen LogP contribution in [0.3, 0.4) is 0 Å². The third kappa shape index (κ3) is 4.82. The van der Waals surface area contributed by atoms with Crippen LogP contribution in [-0.4, -0.2) is 46.5 Å². The van der Waals surface area contributed by atoms with Crippen LogP contribution in [0.1, 0.15) is 17.3 Å². The number of halogens is 6. The normalized spacial score (nSPS) is 14.7. The predicted molar refractivity (Wildman–Crippen MR) is 101 cm³/mol. The van der Waals surface area contributed by atoms with Crippen molar-refractivity contribution in [1.82, 2.24) is 9.80 Å². The molecule has 2 aromatic carbocycles. The minimum Gasteiger partial charge on any atom is -0.306 e. The van der Waals surface area contributed by atoms with E-state index in [2.05, 4.69) is 0 Å². The molecule has 0 spiro atoms. The van der Waals surface area contributed by atoms with Gasteiger partial charge in [-0.25, -0.2) is 22.9 Å². The Labute approximate surface area is 181 Å². The van der Waals surface area contributed by atoms with E-state index >= 15 is 0 Å². The van der Waals surface area contributed by atoms with E-state index in [0.717, 1.165) is 42.2 Å². The van der Waals surface area contributed by atoms with Gasteiger partial charge in [0.15, 0.2) is 0 Å². The number of carbonyl (C=O) groups is 3. The molecule has 0 saturated carbocycles. The maximum atomic E-state index is 14.6. The van der Waals surface area contributed by atoms with Crippen molar-refractivity contribution >= 4 is 35.3 Å². The van der Waals surface area contributed by atoms with Crippen LogP contribution in [0.25, 0.3) is 0 Å². The predicted octanol–water partition coefficient (Wildman–Crippen LogP) is 4.56. The number of carbonyl (C=O) groups excluding carboxylic acids is 3. The van der Waals surface area contributed by atoms with Crippen molar-refractivity contribution in [2.45, 2.75) is 17.3 Å². The quantitative estimate of drug-likeness (QED) is 0.481. The molecular weight excluding hydrogens is 464 g/mol. The van der Waals surface area contributed by atoms with Gasteiger partial charge in [0.1, 0.15) is 36.4 Å². The molecule has 0 aromatic heterocycles. The fourth-order valence-corrected chi connectivity index (χ4v) is 3.49. The highest BCUT2D eigenvalue weighted by molar-refractivity contribution is 8.00. The highest BCUT2D eigenvalue weighted by atomic mass is 32.2. The van der Waals surface area contributed by atoms with Crippen molar-refractivity contribution in [3.63, 3.8) is 0 Å². The number of rotatable bonds is 3. The van der Waals surface area contributed by atoms with Crippen molar-refractivity contribution < 1.29 is 40.7 Å². The summed E-state index contributed by atoms with van der Waals surface area (Å²) in [4.78, 5) is 38.9. The average molecular weight is 477 g/mol. The van der Waals surface area contributed by atoms with Crippen LogP contribution in [0.2, 0.25) is 0 Å². The summed E-state index contributed by atoms with van der Waals surface area (Å²) < 4.78 is 80.3. The van der Waals surface area contributed by atoms with Gasteiger partial charge in [0.05, 0.1) is 5.69 Å². The Morgan fingerprint density at radius 2 is 1.59 bits per heavy atom. The molecular formula is C19H13F6N3O3S. The third-order valence-corrected chi connectivity index (χ3v) is 5.12. The Morgan fingerprint density at radius 1 is 0.969 bits per heavy atom. The first-order valence-corrected chi connectivity index (χ1v) is 9.59. The molecule has 1 heterocycles. The number of alkyl halides is 3. The van der Waals surface area contributed by atoms with Crippen molar-refractivity contribution in [3.05, 3.63) is 59.4 Å². The van der Waals surface area contributed by atoms with Gasteiger partial charge < -0.3 is 4.90 Å². The van der Waals surface area contributed by atoms with Crippen molar-refractivity contribution in [2.24, 2.45) is 0 Å². The molecule has 1 aliphatic heterocycles. The second-order valence-electron chi connectivity index (χ2n) is 6.54. The van der Waals surface area contributed by atoms with Gasteiger partial charge in [0, 0.05) is 11.8 Å². The minimum atomic E-state index is -4.67. The van der Waals surface area contributed by atoms with E-state index in [9.17, 15) is 40.7 Å². The number of nitrogens with zero attached hydrogens (tertiary/aromatic N) is 3. The fraction of sp³-hybridized carbons (Fsp3) is 0.211. The molecule has 0 unspecified atom stereocenters. The van der Waals surface area contributed by atoms with E-state index in [1.807, 2.05) is 0 Å². The van der Waals surface area contributed by atoms with Gasteiger partial charge in [-0.15, -0.1) is 0 Å². The number of urea groups is 1. The molecule has 0 aliphatic carbocycles. The summed E-state index contributed by atoms with van der Waals surface area (Å²) >= 11 is -0.573. The van der Waals surface area contributed by atoms with Gasteiger partial charge in [0.2, 0.25) is 5.91 Å². The van der Waals surface area contributed by atoms with Gasteiger partial charge in [-0.3, -0.25) is 14.5 Å². The summed E-state index contributed by atoms with van der Waals surface area (Å²) in [6, 6.07) is 3.69. The van der Waals surface area contributed by atoms with E-state index in [1.165, 1.54) is 0 Å². The Morgan fingerprint density at radius 3 is 2.12 bits per heavy atom. The van der Waals surface area contributed by atoms with Gasteiger partial charge in [-0.2, -0.15) is 13.2 Å². The maximum absolute atomic E-state index is 14.6. The summed E-state index contributed by atoms with van der Waals surface area (Å²) in [5.41, 5.74) is -6.25. The molecule has 13 heteroatoms. The summed E-state index contributed by atoms with van der Waals surface area (Å²) in [7, 11) is 0. The number of hydrogen-bond acceptors (Lipinski definition) is 4. The Hall–Kier alpha value is -3.22. The average Bonchev–Trinajstić information content (AvgIpc) is 2.67. The second-order valence-corrected chi connectivity index (χ2v) is 7.68. The summed E-state index contributed by atoms with van der Waals surface area (Å²) in [6.45, 7) is -0.124. The third-order valence-electron chi connectivity index (χ3n) is 4.40. The zero-order chi connectivity index (χ0) is 23.8. The largest absolute Gasteiger partial charge is 0.446 e. The zero-order valence-electron chi connectivity index (χ0n) is 16.1. The molecule has 3 rings (SSSR count). The number of imide groups is 1. The van der Waals surface area contributed by atoms with Crippen molar-refractivity contribution in [3.8, 4) is 0 Å². The minimum absolute atomic E-state index is 0.338. The summed E-state index contributed by atoms with van der Waals surface area (Å²) in [5.74, 6) is -5.81. The first kappa shape index (κ1) is 23.4. The smallest absolute Gasteiger partial charge is 0.306 e. The monoisotopic (exact) mass is 477 g/mol. The van der Waals surface area contributed by atoms with Gasteiger partial charge >= 0.3 is 11.5 Å². The van der Waals surface area contributed by atoms with E-state index in [-0.39, 0.29) is 0 Å². The van der Waals surface area contributed by atoms with Crippen LogP contribution in [0.5, 0.6) is 0 Å². The number of amides is 4. The molecule has 6 nitrogen and oxygen atoms in total. The topological polar surface area (TPSA) is 60.9 Å². The first-order valence-electron chi connectivity index (χ1n) is 8.77. The molecule has 2 aromatic rings. The number of benzene rings is 2. The van der Waals surface area contributed by atoms with E-state index in [0.29, 0.717) is 15.9 Å². The van der Waals surface area contributed by atoms with Crippen molar-refractivity contribution in [1.29, 1.82) is 0 Å². The Balaban J connectivity index is 1.99. The highest BCUT2D eigenvalue weighted by Crippen LogP contribution is 2.38. The molecule has 1 saturated heterocycles. The lowest BCUT2D eigenvalue weighted by atomic mass is 10.1. The molecule has 4 amide bonds. The van der Waals surface area contributed by atoms with Crippen LogP contribution in [0.15, 0.2) is 41.3 Å². The number of hydrogen-bond donors (Lipinski definition) is 0. The SMILES string of the molecule is CC(=O)N1CN(C(=O)c2c(F)cccc2F)C(=O)N(c2ccc(SC(F)(F)F)cc2F)C1. The van der Waals surface area contributed by atoms with E-state index < -0.39 is 82.1 Å². The lowest BCUT2D eigenvalue weighted by Crippen LogP contribution is -2.61. The molecule has 0 bridgehead atoms. The van der Waals surface area contributed by atoms with E-state index in [1.54, 1.807) is 0 Å². The van der Waals surface area contributed by atoms with Crippen LogP contribution in [0.4, 0.5) is 36.8 Å². The number of anilines is 1. The summed E-state index contributed by atoms with van der Waals surface area (Å²) in [5, 5.41) is 0. The maximum Gasteiger partial charge on any atom is 0.446 e. The fourth-order valence-electron chi connectivity index (χ4n) is 2.92. The van der Waals surface area contributed by atoms with Gasteiger partial charge in [0.25, 0.3) is 5.91 Å². The van der Waals surface area contributed by atoms with Crippen LogP contribution < -0.4 is 4.90 Å². The van der Waals surface area contributed by atoms with Gasteiger partial charge in [-0.05, 0) is 42.1 Å². The van der Waals surface area contributed by atoms with E-state index in [4.69, 9.17) is 0 Å². The number of thioether (sulfide) groups is 1. The Bertz CT molecular complexity index is 1070. The first-order chi connectivity index (χ1) is 14.9. The molecule has 1 fully saturated rings. The second kappa shape index (κ2) is 8.73. The van der Waals surface area contributed by atoms with Crippen molar-refractivity contribution in [2.75, 3.05) is 18.2 Å². The van der Waals surface area contributed by atoms with Gasteiger partial charge in [-0.1, -0.05) is 6.07 Å². The lowest BCUT2D eigenvalue weighted by Gasteiger charge is -2.40. The van der Waals surface area contributed by atoms with Crippen LogP contribution in [-0.2, 0) is 4.79 Å². The van der Waals surface area contributed by atoms with Crippen LogP contribution in [0, 0.1) is 17.5 Å². The molecule has 1 aliphatic rings. The molecule has 0 atom stereocenters. The molecule has 0 N–H and O–H groups in total. The lowest BCUT2D eigenvalue weighted by molar-refractivity contribution is -0.130. The van der Waals surface area contributed by atoms with Crippen LogP contribution >= 0.6 is 11.8 Å². The highest BCUT2D eigenvalue weighted by Gasteiger charge is 2.39. The Kier molecular flexibility index (Phi) is 6.39. The molecule has 170 valence electrons.